The molecule has 2 aromatic carbocycles. The van der Waals surface area contributed by atoms with Crippen molar-refractivity contribution in [2.24, 2.45) is 5.92 Å². The van der Waals surface area contributed by atoms with E-state index >= 15 is 0 Å². The van der Waals surface area contributed by atoms with Gasteiger partial charge in [0.1, 0.15) is 0 Å². The molecule has 0 spiro atoms. The molecule has 27 heavy (non-hydrogen) atoms. The van der Waals surface area contributed by atoms with Crippen LogP contribution in [0.1, 0.15) is 42.7 Å². The van der Waals surface area contributed by atoms with Crippen LogP contribution in [-0.2, 0) is 4.79 Å². The minimum absolute atomic E-state index is 0.0565. The maximum atomic E-state index is 12.5. The Hall–Kier alpha value is -2.86. The van der Waals surface area contributed by atoms with Crippen LogP contribution in [0, 0.1) is 5.92 Å². The summed E-state index contributed by atoms with van der Waals surface area (Å²) in [6, 6.07) is 13.3. The summed E-state index contributed by atoms with van der Waals surface area (Å²) < 4.78 is 10.6. The molecule has 6 heteroatoms. The molecule has 0 saturated heterocycles. The molecule has 1 aliphatic heterocycles. The number of hydrogen-bond acceptors (Lipinski definition) is 5. The number of ketones is 1. The molecular weight excluding hydrogens is 344 g/mol. The van der Waals surface area contributed by atoms with Gasteiger partial charge in [-0.25, -0.2) is 0 Å². The molecule has 0 fully saturated rings. The summed E-state index contributed by atoms with van der Waals surface area (Å²) in [5.41, 5.74) is 1.96. The fourth-order valence-corrected chi connectivity index (χ4v) is 3.13. The standard InChI is InChI=1S/C21H24N2O4/c1-13(2)21(15-7-5-4-6-8-15)22-11-20(25)23-17-10-19-18(26-12-27-19)9-16(17)14(3)24/h4-10,13,21-22H,11-12H2,1-3H3,(H,23,25)/t21-/m0/s1. The lowest BCUT2D eigenvalue weighted by Gasteiger charge is -2.23. The Kier molecular flexibility index (Phi) is 5.76. The molecule has 2 aromatic rings. The van der Waals surface area contributed by atoms with E-state index in [9.17, 15) is 9.59 Å². The first-order chi connectivity index (χ1) is 13.0. The number of amides is 1. The molecular formula is C21H24N2O4. The van der Waals surface area contributed by atoms with E-state index in [-0.39, 0.29) is 31.1 Å². The topological polar surface area (TPSA) is 76.7 Å². The monoisotopic (exact) mass is 368 g/mol. The number of Topliss-reactive ketones (excluding diaryl/α,β-unsaturated/α-hetero) is 1. The molecule has 1 amide bonds. The number of rotatable bonds is 7. The first-order valence-electron chi connectivity index (χ1n) is 8.98. The molecule has 0 bridgehead atoms. The number of hydrogen-bond donors (Lipinski definition) is 2. The van der Waals surface area contributed by atoms with Gasteiger partial charge in [-0.1, -0.05) is 44.2 Å². The zero-order valence-corrected chi connectivity index (χ0v) is 15.7. The van der Waals surface area contributed by atoms with Gasteiger partial charge in [0.2, 0.25) is 12.7 Å². The summed E-state index contributed by atoms with van der Waals surface area (Å²) >= 11 is 0. The average molecular weight is 368 g/mol. The second kappa shape index (κ2) is 8.22. The SMILES string of the molecule is CC(=O)c1cc2c(cc1NC(=O)CN[C@H](c1ccccc1)C(C)C)OCO2. The highest BCUT2D eigenvalue weighted by Gasteiger charge is 2.21. The van der Waals surface area contributed by atoms with Gasteiger partial charge in [0.05, 0.1) is 12.2 Å². The highest BCUT2D eigenvalue weighted by molar-refractivity contribution is 6.05. The second-order valence-corrected chi connectivity index (χ2v) is 6.87. The summed E-state index contributed by atoms with van der Waals surface area (Å²) in [7, 11) is 0. The predicted molar refractivity (Wildman–Crippen MR) is 103 cm³/mol. The number of nitrogens with one attached hydrogen (secondary N) is 2. The Morgan fingerprint density at radius 2 is 1.74 bits per heavy atom. The van der Waals surface area contributed by atoms with Gasteiger partial charge < -0.3 is 20.1 Å². The van der Waals surface area contributed by atoms with Gasteiger partial charge in [-0.2, -0.15) is 0 Å². The van der Waals surface area contributed by atoms with Gasteiger partial charge in [0.25, 0.3) is 0 Å². The molecule has 1 atom stereocenters. The van der Waals surface area contributed by atoms with Gasteiger partial charge in [-0.3, -0.25) is 9.59 Å². The van der Waals surface area contributed by atoms with Crippen LogP contribution in [0.2, 0.25) is 0 Å². The third kappa shape index (κ3) is 4.46. The van der Waals surface area contributed by atoms with E-state index in [0.717, 1.165) is 5.56 Å². The Morgan fingerprint density at radius 1 is 1.07 bits per heavy atom. The summed E-state index contributed by atoms with van der Waals surface area (Å²) in [6.07, 6.45) is 0. The molecule has 2 N–H and O–H groups in total. The van der Waals surface area contributed by atoms with Gasteiger partial charge in [0, 0.05) is 17.7 Å². The molecule has 3 rings (SSSR count). The molecule has 0 aromatic heterocycles. The van der Waals surface area contributed by atoms with E-state index in [4.69, 9.17) is 9.47 Å². The van der Waals surface area contributed by atoms with Crippen LogP contribution >= 0.6 is 0 Å². The van der Waals surface area contributed by atoms with E-state index < -0.39 is 0 Å². The lowest BCUT2D eigenvalue weighted by atomic mass is 9.96. The minimum Gasteiger partial charge on any atom is -0.454 e. The highest BCUT2D eigenvalue weighted by Crippen LogP contribution is 2.37. The van der Waals surface area contributed by atoms with E-state index in [2.05, 4.69) is 24.5 Å². The smallest absolute Gasteiger partial charge is 0.238 e. The largest absolute Gasteiger partial charge is 0.454 e. The van der Waals surface area contributed by atoms with Crippen LogP contribution < -0.4 is 20.1 Å². The van der Waals surface area contributed by atoms with Gasteiger partial charge in [0.15, 0.2) is 17.3 Å². The van der Waals surface area contributed by atoms with Crippen molar-refractivity contribution in [2.45, 2.75) is 26.8 Å². The van der Waals surface area contributed by atoms with Crippen molar-refractivity contribution in [3.8, 4) is 11.5 Å². The van der Waals surface area contributed by atoms with Crippen molar-refractivity contribution in [3.63, 3.8) is 0 Å². The quantitative estimate of drug-likeness (QED) is 0.731. The third-order valence-corrected chi connectivity index (χ3v) is 4.47. The molecule has 0 radical (unpaired) electrons. The summed E-state index contributed by atoms with van der Waals surface area (Å²) in [6.45, 7) is 5.90. The minimum atomic E-state index is -0.224. The number of benzene rings is 2. The Morgan fingerprint density at radius 3 is 2.37 bits per heavy atom. The zero-order chi connectivity index (χ0) is 19.4. The van der Waals surface area contributed by atoms with Crippen molar-refractivity contribution in [2.75, 3.05) is 18.7 Å². The lowest BCUT2D eigenvalue weighted by molar-refractivity contribution is -0.115. The molecule has 142 valence electrons. The van der Waals surface area contributed by atoms with Crippen LogP contribution in [-0.4, -0.2) is 25.0 Å². The fourth-order valence-electron chi connectivity index (χ4n) is 3.13. The summed E-state index contributed by atoms with van der Waals surface area (Å²) in [4.78, 5) is 24.4. The second-order valence-electron chi connectivity index (χ2n) is 6.87. The molecule has 0 saturated carbocycles. The van der Waals surface area contributed by atoms with Crippen LogP contribution in [0.15, 0.2) is 42.5 Å². The first kappa shape index (κ1) is 18.9. The summed E-state index contributed by atoms with van der Waals surface area (Å²) in [5, 5.41) is 6.11. The maximum Gasteiger partial charge on any atom is 0.238 e. The normalized spacial score (nSPS) is 13.5. The molecule has 0 aliphatic carbocycles. The first-order valence-corrected chi connectivity index (χ1v) is 8.98. The van der Waals surface area contributed by atoms with E-state index in [1.54, 1.807) is 12.1 Å². The van der Waals surface area contributed by atoms with Crippen LogP contribution in [0.4, 0.5) is 5.69 Å². The lowest BCUT2D eigenvalue weighted by Crippen LogP contribution is -2.33. The molecule has 0 unspecified atom stereocenters. The number of anilines is 1. The van der Waals surface area contributed by atoms with E-state index in [0.29, 0.717) is 28.7 Å². The maximum absolute atomic E-state index is 12.5. The van der Waals surface area contributed by atoms with E-state index in [1.165, 1.54) is 6.92 Å². The van der Waals surface area contributed by atoms with Gasteiger partial charge >= 0.3 is 0 Å². The Labute approximate surface area is 158 Å². The number of carbonyl (C=O) groups is 2. The van der Waals surface area contributed by atoms with Crippen molar-refractivity contribution >= 4 is 17.4 Å². The van der Waals surface area contributed by atoms with Gasteiger partial charge in [-0.05, 0) is 24.5 Å². The number of fused-ring (bicyclic) bond motifs is 1. The van der Waals surface area contributed by atoms with Crippen LogP contribution in [0.3, 0.4) is 0 Å². The number of carbonyl (C=O) groups excluding carboxylic acids is 2. The molecule has 1 heterocycles. The summed E-state index contributed by atoms with van der Waals surface area (Å²) in [5.74, 6) is 0.977. The Bertz CT molecular complexity index is 834. The predicted octanol–water partition coefficient (Wildman–Crippen LogP) is 3.54. The van der Waals surface area contributed by atoms with Crippen LogP contribution in [0.5, 0.6) is 11.5 Å². The van der Waals surface area contributed by atoms with Crippen LogP contribution in [0.25, 0.3) is 0 Å². The van der Waals surface area contributed by atoms with Gasteiger partial charge in [-0.15, -0.1) is 0 Å². The fraction of sp³-hybridized carbons (Fsp3) is 0.333. The molecule has 1 aliphatic rings. The molecule has 6 nitrogen and oxygen atoms in total. The number of ether oxygens (including phenoxy) is 2. The average Bonchev–Trinajstić information content (AvgIpc) is 3.09. The van der Waals surface area contributed by atoms with Crippen molar-refractivity contribution < 1.29 is 19.1 Å². The highest BCUT2D eigenvalue weighted by atomic mass is 16.7. The Balaban J connectivity index is 1.70. The zero-order valence-electron chi connectivity index (χ0n) is 15.7. The van der Waals surface area contributed by atoms with Crippen molar-refractivity contribution in [3.05, 3.63) is 53.6 Å². The van der Waals surface area contributed by atoms with Crippen molar-refractivity contribution in [1.82, 2.24) is 5.32 Å². The van der Waals surface area contributed by atoms with E-state index in [1.807, 2.05) is 30.3 Å². The third-order valence-electron chi connectivity index (χ3n) is 4.47. The van der Waals surface area contributed by atoms with Crippen molar-refractivity contribution in [1.29, 1.82) is 0 Å².